The zero-order valence-corrected chi connectivity index (χ0v) is 8.07. The Balaban J connectivity index is 2.72. The molecule has 2 rings (SSSR count). The molecule has 0 aliphatic rings. The van der Waals surface area contributed by atoms with E-state index in [0.29, 0.717) is 5.69 Å². The lowest BCUT2D eigenvalue weighted by Crippen LogP contribution is -2.00. The van der Waals surface area contributed by atoms with Crippen LogP contribution in [0.3, 0.4) is 0 Å². The minimum absolute atomic E-state index is 0.0381. The van der Waals surface area contributed by atoms with E-state index in [9.17, 15) is 10.1 Å². The number of imidazole rings is 1. The monoisotopic (exact) mass is 214 g/mol. The van der Waals surface area contributed by atoms with Crippen molar-refractivity contribution in [1.29, 1.82) is 5.26 Å². The Labute approximate surface area is 90.5 Å². The van der Waals surface area contributed by atoms with Crippen molar-refractivity contribution in [2.75, 3.05) is 0 Å². The van der Waals surface area contributed by atoms with Crippen LogP contribution in [0.1, 0.15) is 5.56 Å². The number of aromatic nitrogens is 2. The molecule has 0 aliphatic heterocycles. The van der Waals surface area contributed by atoms with Crippen molar-refractivity contribution in [3.05, 3.63) is 52.6 Å². The molecule has 0 bridgehead atoms. The minimum atomic E-state index is -0.562. The second-order valence-electron chi connectivity index (χ2n) is 3.01. The fourth-order valence-electron chi connectivity index (χ4n) is 1.42. The highest BCUT2D eigenvalue weighted by molar-refractivity contribution is 5.61. The second kappa shape index (κ2) is 3.82. The lowest BCUT2D eigenvalue weighted by molar-refractivity contribution is -0.384. The van der Waals surface area contributed by atoms with E-state index < -0.39 is 4.92 Å². The Bertz CT molecular complexity index is 569. The molecule has 0 unspecified atom stereocenters. The van der Waals surface area contributed by atoms with E-state index in [1.54, 1.807) is 24.4 Å². The van der Waals surface area contributed by atoms with Crippen LogP contribution in [0.4, 0.5) is 5.69 Å². The highest BCUT2D eigenvalue weighted by Crippen LogP contribution is 2.26. The van der Waals surface area contributed by atoms with Gasteiger partial charge in [0.05, 0.1) is 11.3 Å². The number of hydrogen-bond acceptors (Lipinski definition) is 4. The molecule has 0 aliphatic carbocycles. The van der Waals surface area contributed by atoms with Gasteiger partial charge in [0, 0.05) is 12.4 Å². The van der Waals surface area contributed by atoms with Crippen LogP contribution in [0.2, 0.25) is 0 Å². The SMILES string of the molecule is N#Cc1cccc(-n2ccnc2)c1[N+](=O)[O-]. The van der Waals surface area contributed by atoms with Crippen molar-refractivity contribution in [1.82, 2.24) is 9.55 Å². The first-order chi connectivity index (χ1) is 7.74. The molecule has 0 spiro atoms. The summed E-state index contributed by atoms with van der Waals surface area (Å²) in [6.07, 6.45) is 4.55. The van der Waals surface area contributed by atoms with E-state index in [4.69, 9.17) is 5.26 Å². The van der Waals surface area contributed by atoms with Crippen molar-refractivity contribution in [3.63, 3.8) is 0 Å². The smallest absolute Gasteiger partial charge is 0.300 e. The summed E-state index contributed by atoms with van der Waals surface area (Å²) in [5.41, 5.74) is 0.167. The molecule has 0 saturated carbocycles. The molecule has 0 saturated heterocycles. The molecule has 0 amide bonds. The summed E-state index contributed by atoms with van der Waals surface area (Å²) >= 11 is 0. The Kier molecular flexibility index (Phi) is 2.36. The fourth-order valence-corrected chi connectivity index (χ4v) is 1.42. The maximum Gasteiger partial charge on any atom is 0.310 e. The number of nitro benzene ring substituents is 1. The van der Waals surface area contributed by atoms with Gasteiger partial charge in [-0.15, -0.1) is 0 Å². The zero-order chi connectivity index (χ0) is 11.5. The van der Waals surface area contributed by atoms with E-state index in [-0.39, 0.29) is 11.3 Å². The van der Waals surface area contributed by atoms with Crippen LogP contribution in [0.25, 0.3) is 5.69 Å². The van der Waals surface area contributed by atoms with Crippen LogP contribution in [-0.2, 0) is 0 Å². The molecule has 78 valence electrons. The molecule has 1 aromatic heterocycles. The Morgan fingerprint density at radius 3 is 2.88 bits per heavy atom. The van der Waals surface area contributed by atoms with Gasteiger partial charge in [0.15, 0.2) is 0 Å². The summed E-state index contributed by atoms with van der Waals surface area (Å²) in [5.74, 6) is 0. The summed E-state index contributed by atoms with van der Waals surface area (Å²) in [4.78, 5) is 14.2. The Hall–Kier alpha value is -2.68. The van der Waals surface area contributed by atoms with Crippen LogP contribution in [0.5, 0.6) is 0 Å². The highest BCUT2D eigenvalue weighted by atomic mass is 16.6. The van der Waals surface area contributed by atoms with Crippen LogP contribution in [-0.4, -0.2) is 14.5 Å². The lowest BCUT2D eigenvalue weighted by atomic mass is 10.1. The number of hydrogen-bond donors (Lipinski definition) is 0. The van der Waals surface area contributed by atoms with Gasteiger partial charge in [-0.2, -0.15) is 5.26 Å². The number of nitrogens with zero attached hydrogens (tertiary/aromatic N) is 4. The van der Waals surface area contributed by atoms with E-state index in [1.165, 1.54) is 23.2 Å². The maximum atomic E-state index is 10.9. The zero-order valence-electron chi connectivity index (χ0n) is 8.07. The lowest BCUT2D eigenvalue weighted by Gasteiger charge is -2.03. The topological polar surface area (TPSA) is 84.8 Å². The first-order valence-corrected chi connectivity index (χ1v) is 4.40. The number of rotatable bonds is 2. The molecule has 0 atom stereocenters. The number of para-hydroxylation sites is 1. The average Bonchev–Trinajstić information content (AvgIpc) is 2.81. The predicted octanol–water partition coefficient (Wildman–Crippen LogP) is 1.65. The first kappa shape index (κ1) is 9.86. The summed E-state index contributed by atoms with van der Waals surface area (Å²) in [7, 11) is 0. The number of nitriles is 1. The molecule has 16 heavy (non-hydrogen) atoms. The summed E-state index contributed by atoms with van der Waals surface area (Å²) in [6.45, 7) is 0. The highest BCUT2D eigenvalue weighted by Gasteiger charge is 2.20. The third-order valence-corrected chi connectivity index (χ3v) is 2.10. The van der Waals surface area contributed by atoms with Gasteiger partial charge in [-0.3, -0.25) is 10.1 Å². The van der Waals surface area contributed by atoms with Crippen LogP contribution in [0.15, 0.2) is 36.9 Å². The van der Waals surface area contributed by atoms with Crippen LogP contribution >= 0.6 is 0 Å². The van der Waals surface area contributed by atoms with Crippen molar-refractivity contribution in [2.24, 2.45) is 0 Å². The van der Waals surface area contributed by atoms with E-state index in [2.05, 4.69) is 4.98 Å². The van der Waals surface area contributed by atoms with E-state index >= 15 is 0 Å². The largest absolute Gasteiger partial charge is 0.310 e. The first-order valence-electron chi connectivity index (χ1n) is 4.40. The Morgan fingerprint density at radius 2 is 2.31 bits per heavy atom. The van der Waals surface area contributed by atoms with E-state index in [0.717, 1.165) is 0 Å². The summed E-state index contributed by atoms with van der Waals surface area (Å²) in [5, 5.41) is 19.7. The molecule has 0 radical (unpaired) electrons. The second-order valence-corrected chi connectivity index (χ2v) is 3.01. The van der Waals surface area contributed by atoms with Gasteiger partial charge in [0.25, 0.3) is 0 Å². The fraction of sp³-hybridized carbons (Fsp3) is 0. The molecule has 0 N–H and O–H groups in total. The van der Waals surface area contributed by atoms with Gasteiger partial charge in [-0.25, -0.2) is 4.98 Å². The van der Waals surface area contributed by atoms with Gasteiger partial charge in [0.2, 0.25) is 0 Å². The Morgan fingerprint density at radius 1 is 1.50 bits per heavy atom. The molecule has 6 nitrogen and oxygen atoms in total. The molecule has 2 aromatic rings. The molecular formula is C10H6N4O2. The molecular weight excluding hydrogens is 208 g/mol. The van der Waals surface area contributed by atoms with Gasteiger partial charge in [0.1, 0.15) is 17.3 Å². The minimum Gasteiger partial charge on any atom is -0.300 e. The third-order valence-electron chi connectivity index (χ3n) is 2.10. The van der Waals surface area contributed by atoms with Crippen molar-refractivity contribution in [3.8, 4) is 11.8 Å². The normalized spacial score (nSPS) is 9.69. The molecule has 1 heterocycles. The van der Waals surface area contributed by atoms with Crippen LogP contribution < -0.4 is 0 Å². The van der Waals surface area contributed by atoms with Gasteiger partial charge in [-0.05, 0) is 12.1 Å². The van der Waals surface area contributed by atoms with Gasteiger partial charge >= 0.3 is 5.69 Å². The van der Waals surface area contributed by atoms with E-state index in [1.807, 2.05) is 0 Å². The van der Waals surface area contributed by atoms with Crippen molar-refractivity contribution >= 4 is 5.69 Å². The van der Waals surface area contributed by atoms with Gasteiger partial charge < -0.3 is 4.57 Å². The predicted molar refractivity (Wildman–Crippen MR) is 54.9 cm³/mol. The van der Waals surface area contributed by atoms with Crippen molar-refractivity contribution in [2.45, 2.75) is 0 Å². The standard InChI is InChI=1S/C10H6N4O2/c11-6-8-2-1-3-9(10(8)14(15)16)13-5-4-12-7-13/h1-5,7H. The summed E-state index contributed by atoms with van der Waals surface area (Å²) in [6, 6.07) is 6.39. The maximum absolute atomic E-state index is 10.9. The van der Waals surface area contributed by atoms with Gasteiger partial charge in [-0.1, -0.05) is 6.07 Å². The molecule has 1 aromatic carbocycles. The number of benzene rings is 1. The third kappa shape index (κ3) is 1.50. The molecule has 6 heteroatoms. The van der Waals surface area contributed by atoms with Crippen molar-refractivity contribution < 1.29 is 4.92 Å². The molecule has 0 fully saturated rings. The average molecular weight is 214 g/mol. The van der Waals surface area contributed by atoms with Crippen LogP contribution in [0, 0.1) is 21.4 Å². The number of nitro groups is 1. The quantitative estimate of drug-likeness (QED) is 0.562. The summed E-state index contributed by atoms with van der Waals surface area (Å²) < 4.78 is 1.50.